The first kappa shape index (κ1) is 19.3. The number of amides is 1. The van der Waals surface area contributed by atoms with Gasteiger partial charge in [-0.1, -0.05) is 0 Å². The fraction of sp³-hybridized carbons (Fsp3) is 0.238. The highest BCUT2D eigenvalue weighted by Crippen LogP contribution is 2.17. The zero-order valence-electron chi connectivity index (χ0n) is 16.3. The SMILES string of the molecule is CN(C)c1ccc(NC(=O)c2cc(N(C)CCc3ccncc3)ncn2)cc1. The maximum Gasteiger partial charge on any atom is 0.274 e. The Labute approximate surface area is 165 Å². The number of nitrogens with one attached hydrogen (secondary N) is 1. The number of carbonyl (C=O) groups excluding carboxylic acids is 1. The van der Waals surface area contributed by atoms with E-state index in [1.54, 1.807) is 18.5 Å². The molecule has 7 nitrogen and oxygen atoms in total. The third-order valence-electron chi connectivity index (χ3n) is 4.40. The largest absolute Gasteiger partial charge is 0.378 e. The van der Waals surface area contributed by atoms with Crippen LogP contribution in [0, 0.1) is 0 Å². The minimum atomic E-state index is -0.260. The molecule has 0 saturated heterocycles. The van der Waals surface area contributed by atoms with Crippen LogP contribution in [0.5, 0.6) is 0 Å². The predicted molar refractivity (Wildman–Crippen MR) is 112 cm³/mol. The molecular formula is C21H24N6O. The summed E-state index contributed by atoms with van der Waals surface area (Å²) in [5, 5.41) is 2.88. The first-order chi connectivity index (χ1) is 13.5. The lowest BCUT2D eigenvalue weighted by molar-refractivity contribution is 0.102. The molecule has 0 radical (unpaired) electrons. The Kier molecular flexibility index (Phi) is 6.16. The molecule has 2 heterocycles. The van der Waals surface area contributed by atoms with Crippen molar-refractivity contribution in [1.29, 1.82) is 0 Å². The molecule has 2 aromatic heterocycles. The minimum Gasteiger partial charge on any atom is -0.378 e. The quantitative estimate of drug-likeness (QED) is 0.683. The number of anilines is 3. The zero-order chi connectivity index (χ0) is 19.9. The van der Waals surface area contributed by atoms with Crippen LogP contribution in [0.15, 0.2) is 61.2 Å². The van der Waals surface area contributed by atoms with Gasteiger partial charge in [-0.05, 0) is 48.4 Å². The number of rotatable bonds is 7. The van der Waals surface area contributed by atoms with Crippen LogP contribution < -0.4 is 15.1 Å². The molecule has 7 heteroatoms. The van der Waals surface area contributed by atoms with Gasteiger partial charge in [0.05, 0.1) is 0 Å². The smallest absolute Gasteiger partial charge is 0.274 e. The van der Waals surface area contributed by atoms with Gasteiger partial charge in [-0.2, -0.15) is 0 Å². The van der Waals surface area contributed by atoms with Crippen LogP contribution >= 0.6 is 0 Å². The molecule has 0 aliphatic heterocycles. The van der Waals surface area contributed by atoms with E-state index < -0.39 is 0 Å². The number of pyridine rings is 1. The van der Waals surface area contributed by atoms with Gasteiger partial charge in [0.1, 0.15) is 17.8 Å². The Hall–Kier alpha value is -3.48. The molecule has 0 bridgehead atoms. The number of likely N-dealkylation sites (N-methyl/N-ethyl adjacent to an activating group) is 1. The van der Waals surface area contributed by atoms with E-state index in [0.717, 1.165) is 24.3 Å². The van der Waals surface area contributed by atoms with Crippen molar-refractivity contribution in [3.05, 3.63) is 72.4 Å². The van der Waals surface area contributed by atoms with Gasteiger partial charge in [0.25, 0.3) is 5.91 Å². The summed E-state index contributed by atoms with van der Waals surface area (Å²) >= 11 is 0. The fourth-order valence-electron chi connectivity index (χ4n) is 2.68. The van der Waals surface area contributed by atoms with Crippen molar-refractivity contribution in [3.8, 4) is 0 Å². The molecule has 3 rings (SSSR count). The Morgan fingerprint density at radius 2 is 1.71 bits per heavy atom. The zero-order valence-corrected chi connectivity index (χ0v) is 16.3. The molecule has 0 spiro atoms. The second kappa shape index (κ2) is 8.94. The van der Waals surface area contributed by atoms with Crippen molar-refractivity contribution in [3.63, 3.8) is 0 Å². The lowest BCUT2D eigenvalue weighted by Gasteiger charge is -2.18. The standard InChI is InChI=1S/C21H24N6O/c1-26(2)18-6-4-17(5-7-18)25-21(28)19-14-20(24-15-23-19)27(3)13-10-16-8-11-22-12-9-16/h4-9,11-12,14-15H,10,13H2,1-3H3,(H,25,28). The summed E-state index contributed by atoms with van der Waals surface area (Å²) < 4.78 is 0. The summed E-state index contributed by atoms with van der Waals surface area (Å²) in [6.07, 6.45) is 5.85. The van der Waals surface area contributed by atoms with Gasteiger partial charge in [-0.25, -0.2) is 9.97 Å². The van der Waals surface area contributed by atoms with Crippen LogP contribution in [-0.4, -0.2) is 48.5 Å². The number of carbonyl (C=O) groups is 1. The van der Waals surface area contributed by atoms with E-state index in [2.05, 4.69) is 20.3 Å². The second-order valence-electron chi connectivity index (χ2n) is 6.68. The van der Waals surface area contributed by atoms with Gasteiger partial charge in [0.2, 0.25) is 0 Å². The Morgan fingerprint density at radius 1 is 1.00 bits per heavy atom. The van der Waals surface area contributed by atoms with E-state index in [-0.39, 0.29) is 5.91 Å². The number of aromatic nitrogens is 3. The highest BCUT2D eigenvalue weighted by Gasteiger charge is 2.11. The minimum absolute atomic E-state index is 0.260. The van der Waals surface area contributed by atoms with Crippen molar-refractivity contribution in [2.75, 3.05) is 42.8 Å². The van der Waals surface area contributed by atoms with Crippen LogP contribution in [-0.2, 0) is 6.42 Å². The third-order valence-corrected chi connectivity index (χ3v) is 4.40. The first-order valence-corrected chi connectivity index (χ1v) is 9.04. The van der Waals surface area contributed by atoms with E-state index in [1.807, 2.05) is 67.3 Å². The molecule has 28 heavy (non-hydrogen) atoms. The van der Waals surface area contributed by atoms with Gasteiger partial charge in [0.15, 0.2) is 0 Å². The number of hydrogen-bond acceptors (Lipinski definition) is 6. The molecule has 3 aromatic rings. The second-order valence-corrected chi connectivity index (χ2v) is 6.68. The molecular weight excluding hydrogens is 352 g/mol. The maximum absolute atomic E-state index is 12.5. The molecule has 144 valence electrons. The van der Waals surface area contributed by atoms with Crippen molar-refractivity contribution in [2.45, 2.75) is 6.42 Å². The molecule has 0 fully saturated rings. The highest BCUT2D eigenvalue weighted by atomic mass is 16.1. The molecule has 1 amide bonds. The summed E-state index contributed by atoms with van der Waals surface area (Å²) in [6.45, 7) is 0.772. The molecule has 0 saturated carbocycles. The van der Waals surface area contributed by atoms with Crippen LogP contribution in [0.1, 0.15) is 16.1 Å². The normalized spacial score (nSPS) is 10.4. The van der Waals surface area contributed by atoms with Crippen molar-refractivity contribution in [2.24, 2.45) is 0 Å². The van der Waals surface area contributed by atoms with E-state index in [9.17, 15) is 4.79 Å². The van der Waals surface area contributed by atoms with Crippen LogP contribution in [0.3, 0.4) is 0 Å². The predicted octanol–water partition coefficient (Wildman–Crippen LogP) is 2.87. The first-order valence-electron chi connectivity index (χ1n) is 9.04. The molecule has 0 unspecified atom stereocenters. The van der Waals surface area contributed by atoms with Gasteiger partial charge < -0.3 is 15.1 Å². The Morgan fingerprint density at radius 3 is 2.39 bits per heavy atom. The maximum atomic E-state index is 12.5. The topological polar surface area (TPSA) is 74.2 Å². The summed E-state index contributed by atoms with van der Waals surface area (Å²) in [5.41, 5.74) is 3.33. The van der Waals surface area contributed by atoms with Crippen LogP contribution in [0.2, 0.25) is 0 Å². The summed E-state index contributed by atoms with van der Waals surface area (Å²) in [7, 11) is 5.90. The van der Waals surface area contributed by atoms with Crippen molar-refractivity contribution >= 4 is 23.1 Å². The van der Waals surface area contributed by atoms with Crippen LogP contribution in [0.4, 0.5) is 17.2 Å². The Bertz CT molecular complexity index is 912. The summed E-state index contributed by atoms with van der Waals surface area (Å²) in [6, 6.07) is 13.3. The average molecular weight is 376 g/mol. The Balaban J connectivity index is 1.63. The van der Waals surface area contributed by atoms with E-state index in [4.69, 9.17) is 0 Å². The fourth-order valence-corrected chi connectivity index (χ4v) is 2.68. The number of hydrogen-bond donors (Lipinski definition) is 1. The lowest BCUT2D eigenvalue weighted by Crippen LogP contribution is -2.23. The molecule has 0 aliphatic carbocycles. The summed E-state index contributed by atoms with van der Waals surface area (Å²) in [5.74, 6) is 0.445. The van der Waals surface area contributed by atoms with E-state index in [1.165, 1.54) is 11.9 Å². The van der Waals surface area contributed by atoms with Gasteiger partial charge >= 0.3 is 0 Å². The van der Waals surface area contributed by atoms with Crippen molar-refractivity contribution in [1.82, 2.24) is 15.0 Å². The van der Waals surface area contributed by atoms with E-state index >= 15 is 0 Å². The molecule has 1 N–H and O–H groups in total. The summed E-state index contributed by atoms with van der Waals surface area (Å²) in [4.78, 5) is 29.0. The third kappa shape index (κ3) is 5.03. The van der Waals surface area contributed by atoms with Crippen molar-refractivity contribution < 1.29 is 4.79 Å². The number of benzene rings is 1. The number of nitrogens with zero attached hydrogens (tertiary/aromatic N) is 5. The molecule has 0 atom stereocenters. The monoisotopic (exact) mass is 376 g/mol. The van der Waals surface area contributed by atoms with Gasteiger partial charge in [-0.3, -0.25) is 9.78 Å². The van der Waals surface area contributed by atoms with Gasteiger partial charge in [-0.15, -0.1) is 0 Å². The van der Waals surface area contributed by atoms with Gasteiger partial charge in [0, 0.05) is 57.5 Å². The molecule has 0 aliphatic rings. The van der Waals surface area contributed by atoms with E-state index in [0.29, 0.717) is 11.5 Å². The lowest BCUT2D eigenvalue weighted by atomic mass is 10.2. The average Bonchev–Trinajstić information content (AvgIpc) is 2.73. The van der Waals surface area contributed by atoms with Crippen LogP contribution in [0.25, 0.3) is 0 Å². The molecule has 1 aromatic carbocycles. The highest BCUT2D eigenvalue weighted by molar-refractivity contribution is 6.03.